The molecular weight excluding hydrogens is 317 g/mol. The van der Waals surface area contributed by atoms with E-state index in [0.717, 1.165) is 15.5 Å². The van der Waals surface area contributed by atoms with Crippen LogP contribution in [-0.2, 0) is 0 Å². The highest BCUT2D eigenvalue weighted by Crippen LogP contribution is 2.35. The molecule has 0 spiro atoms. The number of benzene rings is 2. The Labute approximate surface area is 117 Å². The maximum atomic E-state index is 13.2. The van der Waals surface area contributed by atoms with Crippen molar-refractivity contribution in [1.29, 1.82) is 0 Å². The van der Waals surface area contributed by atoms with Gasteiger partial charge in [-0.05, 0) is 52.3 Å². The minimum Gasteiger partial charge on any atom is -0.497 e. The normalized spacial score (nSPS) is 10.4. The van der Waals surface area contributed by atoms with Crippen LogP contribution >= 0.6 is 27.7 Å². The number of nitrogen functional groups attached to an aromatic ring is 1. The van der Waals surface area contributed by atoms with Gasteiger partial charge in [0.2, 0.25) is 0 Å². The van der Waals surface area contributed by atoms with Crippen LogP contribution in [0.1, 0.15) is 0 Å². The number of methoxy groups -OCH3 is 1. The highest BCUT2D eigenvalue weighted by molar-refractivity contribution is 9.10. The van der Waals surface area contributed by atoms with Gasteiger partial charge in [0, 0.05) is 15.5 Å². The standard InChI is InChI=1S/C13H11BrFNOS/c1-17-8-2-4-9(5-3-8)18-13-6-10(14)11(15)7-12(13)16/h2-7H,16H2,1H3. The zero-order valence-electron chi connectivity index (χ0n) is 9.61. The molecule has 0 heterocycles. The third-order valence-electron chi connectivity index (χ3n) is 2.34. The smallest absolute Gasteiger partial charge is 0.139 e. The maximum absolute atomic E-state index is 13.2. The molecule has 94 valence electrons. The summed E-state index contributed by atoms with van der Waals surface area (Å²) in [7, 11) is 1.62. The fraction of sp³-hybridized carbons (Fsp3) is 0.0769. The van der Waals surface area contributed by atoms with Crippen LogP contribution in [-0.4, -0.2) is 7.11 Å². The lowest BCUT2D eigenvalue weighted by molar-refractivity contribution is 0.414. The van der Waals surface area contributed by atoms with Gasteiger partial charge in [0.1, 0.15) is 11.6 Å². The molecule has 2 nitrogen and oxygen atoms in total. The number of ether oxygens (including phenoxy) is 1. The summed E-state index contributed by atoms with van der Waals surface area (Å²) in [5.41, 5.74) is 6.22. The van der Waals surface area contributed by atoms with Crippen molar-refractivity contribution >= 4 is 33.4 Å². The molecular formula is C13H11BrFNOS. The zero-order chi connectivity index (χ0) is 13.1. The minimum absolute atomic E-state index is 0.355. The molecule has 0 atom stereocenters. The summed E-state index contributed by atoms with van der Waals surface area (Å²) in [6, 6.07) is 10.6. The molecule has 2 N–H and O–H groups in total. The molecule has 2 rings (SSSR count). The van der Waals surface area contributed by atoms with Crippen LogP contribution in [0.5, 0.6) is 5.75 Å². The van der Waals surface area contributed by atoms with E-state index in [-0.39, 0.29) is 5.82 Å². The van der Waals surface area contributed by atoms with E-state index in [4.69, 9.17) is 10.5 Å². The average molecular weight is 328 g/mol. The predicted octanol–water partition coefficient (Wildman–Crippen LogP) is 4.33. The van der Waals surface area contributed by atoms with E-state index < -0.39 is 0 Å². The summed E-state index contributed by atoms with van der Waals surface area (Å²) in [5.74, 6) is 0.444. The first-order chi connectivity index (χ1) is 8.60. The number of hydrogen-bond acceptors (Lipinski definition) is 3. The first kappa shape index (κ1) is 13.2. The van der Waals surface area contributed by atoms with E-state index in [1.165, 1.54) is 17.8 Å². The van der Waals surface area contributed by atoms with Crippen LogP contribution in [0.25, 0.3) is 0 Å². The van der Waals surface area contributed by atoms with E-state index in [1.807, 2.05) is 24.3 Å². The van der Waals surface area contributed by atoms with Gasteiger partial charge in [0.05, 0.1) is 11.6 Å². The molecule has 0 bridgehead atoms. The number of halogens is 2. The second kappa shape index (κ2) is 5.63. The maximum Gasteiger partial charge on any atom is 0.139 e. The molecule has 0 amide bonds. The predicted molar refractivity (Wildman–Crippen MR) is 75.6 cm³/mol. The van der Waals surface area contributed by atoms with E-state index in [2.05, 4.69) is 15.9 Å². The van der Waals surface area contributed by atoms with Crippen LogP contribution in [0.15, 0.2) is 50.7 Å². The number of rotatable bonds is 3. The van der Waals surface area contributed by atoms with Gasteiger partial charge in [0.15, 0.2) is 0 Å². The van der Waals surface area contributed by atoms with E-state index >= 15 is 0 Å². The van der Waals surface area contributed by atoms with Crippen molar-refractivity contribution in [1.82, 2.24) is 0 Å². The summed E-state index contributed by atoms with van der Waals surface area (Å²) in [6.07, 6.45) is 0. The first-order valence-electron chi connectivity index (χ1n) is 5.16. The molecule has 2 aromatic carbocycles. The third kappa shape index (κ3) is 2.97. The van der Waals surface area contributed by atoms with Crippen molar-refractivity contribution in [2.45, 2.75) is 9.79 Å². The molecule has 0 aliphatic carbocycles. The van der Waals surface area contributed by atoms with Crippen molar-refractivity contribution in [2.75, 3.05) is 12.8 Å². The molecule has 0 fully saturated rings. The van der Waals surface area contributed by atoms with Crippen LogP contribution in [0.2, 0.25) is 0 Å². The SMILES string of the molecule is COc1ccc(Sc2cc(Br)c(F)cc2N)cc1. The largest absolute Gasteiger partial charge is 0.497 e. The summed E-state index contributed by atoms with van der Waals surface area (Å²) in [6.45, 7) is 0. The Bertz CT molecular complexity index is 560. The summed E-state index contributed by atoms with van der Waals surface area (Å²) >= 11 is 4.63. The molecule has 0 unspecified atom stereocenters. The second-order valence-electron chi connectivity index (χ2n) is 3.58. The highest BCUT2D eigenvalue weighted by atomic mass is 79.9. The lowest BCUT2D eigenvalue weighted by Gasteiger charge is -2.07. The molecule has 2 aromatic rings. The van der Waals surface area contributed by atoms with Crippen molar-refractivity contribution < 1.29 is 9.13 Å². The van der Waals surface area contributed by atoms with Crippen LogP contribution in [0.3, 0.4) is 0 Å². The lowest BCUT2D eigenvalue weighted by atomic mass is 10.3. The van der Waals surface area contributed by atoms with Crippen molar-refractivity contribution in [2.24, 2.45) is 0 Å². The Kier molecular flexibility index (Phi) is 4.14. The fourth-order valence-electron chi connectivity index (χ4n) is 1.40. The van der Waals surface area contributed by atoms with E-state index in [9.17, 15) is 4.39 Å². The molecule has 0 aliphatic heterocycles. The zero-order valence-corrected chi connectivity index (χ0v) is 12.0. The van der Waals surface area contributed by atoms with Crippen molar-refractivity contribution in [3.05, 3.63) is 46.7 Å². The Morgan fingerprint density at radius 3 is 2.50 bits per heavy atom. The van der Waals surface area contributed by atoms with Gasteiger partial charge in [-0.2, -0.15) is 0 Å². The van der Waals surface area contributed by atoms with Gasteiger partial charge in [0.25, 0.3) is 0 Å². The summed E-state index contributed by atoms with van der Waals surface area (Å²) in [5, 5.41) is 0. The fourth-order valence-corrected chi connectivity index (χ4v) is 2.78. The van der Waals surface area contributed by atoms with Crippen LogP contribution < -0.4 is 10.5 Å². The number of nitrogens with two attached hydrogens (primary N) is 1. The van der Waals surface area contributed by atoms with Crippen LogP contribution in [0.4, 0.5) is 10.1 Å². The molecule has 0 aliphatic rings. The minimum atomic E-state index is -0.355. The lowest BCUT2D eigenvalue weighted by Crippen LogP contribution is -1.91. The van der Waals surface area contributed by atoms with Crippen molar-refractivity contribution in [3.8, 4) is 5.75 Å². The Morgan fingerprint density at radius 2 is 1.89 bits per heavy atom. The van der Waals surface area contributed by atoms with Gasteiger partial charge in [-0.1, -0.05) is 11.8 Å². The Morgan fingerprint density at radius 1 is 1.22 bits per heavy atom. The van der Waals surface area contributed by atoms with Gasteiger partial charge >= 0.3 is 0 Å². The summed E-state index contributed by atoms with van der Waals surface area (Å²) in [4.78, 5) is 1.83. The van der Waals surface area contributed by atoms with Crippen molar-refractivity contribution in [3.63, 3.8) is 0 Å². The monoisotopic (exact) mass is 327 g/mol. The van der Waals surface area contributed by atoms with Gasteiger partial charge in [-0.25, -0.2) is 4.39 Å². The second-order valence-corrected chi connectivity index (χ2v) is 5.55. The van der Waals surface area contributed by atoms with Crippen LogP contribution in [0, 0.1) is 5.82 Å². The highest BCUT2D eigenvalue weighted by Gasteiger charge is 2.07. The third-order valence-corrected chi connectivity index (χ3v) is 4.03. The molecule has 5 heteroatoms. The quantitative estimate of drug-likeness (QED) is 0.852. The van der Waals surface area contributed by atoms with Gasteiger partial charge < -0.3 is 10.5 Å². The first-order valence-corrected chi connectivity index (χ1v) is 6.77. The average Bonchev–Trinajstić information content (AvgIpc) is 2.37. The van der Waals surface area contributed by atoms with E-state index in [1.54, 1.807) is 13.2 Å². The van der Waals surface area contributed by atoms with Gasteiger partial charge in [-0.15, -0.1) is 0 Å². The number of anilines is 1. The number of hydrogen-bond donors (Lipinski definition) is 1. The molecule has 0 saturated carbocycles. The van der Waals surface area contributed by atoms with Gasteiger partial charge in [-0.3, -0.25) is 0 Å². The molecule has 0 saturated heterocycles. The topological polar surface area (TPSA) is 35.2 Å². The Hall–Kier alpha value is -1.20. The Balaban J connectivity index is 2.25. The molecule has 0 radical (unpaired) electrons. The molecule has 18 heavy (non-hydrogen) atoms. The molecule has 0 aromatic heterocycles. The summed E-state index contributed by atoms with van der Waals surface area (Å²) < 4.78 is 18.7. The van der Waals surface area contributed by atoms with E-state index in [0.29, 0.717) is 10.2 Å².